The van der Waals surface area contributed by atoms with Crippen LogP contribution in [0.15, 0.2) is 21.2 Å². The molecule has 0 saturated heterocycles. The third-order valence-corrected chi connectivity index (χ3v) is 3.12. The molecule has 0 spiro atoms. The van der Waals surface area contributed by atoms with Crippen LogP contribution in [0.1, 0.15) is 11.7 Å². The van der Waals surface area contributed by atoms with Crippen molar-refractivity contribution >= 4 is 37.8 Å². The van der Waals surface area contributed by atoms with Gasteiger partial charge >= 0.3 is 0 Å². The first kappa shape index (κ1) is 14.6. The number of pyridine rings is 1. The summed E-state index contributed by atoms with van der Waals surface area (Å²) in [7, 11) is 1.59. The minimum atomic E-state index is -0.632. The second-order valence-corrected chi connectivity index (χ2v) is 5.07. The van der Waals surface area contributed by atoms with Gasteiger partial charge < -0.3 is 10.5 Å². The lowest BCUT2D eigenvalue weighted by molar-refractivity contribution is -0.120. The maximum absolute atomic E-state index is 11.4. The van der Waals surface area contributed by atoms with Gasteiger partial charge in [-0.2, -0.15) is 0 Å². The molecule has 0 aromatic carbocycles. The van der Waals surface area contributed by atoms with E-state index in [9.17, 15) is 4.79 Å². The normalized spacial score (nSPS) is 12.4. The van der Waals surface area contributed by atoms with Gasteiger partial charge in [0.2, 0.25) is 5.91 Å². The fourth-order valence-corrected chi connectivity index (χ4v) is 2.49. The molecule has 1 aromatic heterocycles. The van der Waals surface area contributed by atoms with E-state index in [-0.39, 0.29) is 0 Å². The summed E-state index contributed by atoms with van der Waals surface area (Å²) in [6.45, 7) is 1.02. The number of hydrogen-bond donors (Lipinski definition) is 2. The van der Waals surface area contributed by atoms with E-state index in [1.165, 1.54) is 0 Å². The number of amides is 1. The zero-order valence-electron chi connectivity index (χ0n) is 9.24. The predicted octanol–water partition coefficient (Wildman–Crippen LogP) is 1.37. The van der Waals surface area contributed by atoms with Crippen LogP contribution in [0.3, 0.4) is 0 Å². The standard InChI is InChI=1S/C10H13Br2N3O2/c1-17-3-2-14-9(10(13)16)8-7(12)4-6(11)5-15-8/h4-5,9,14H,2-3H2,1H3,(H2,13,16). The quantitative estimate of drug-likeness (QED) is 0.745. The minimum Gasteiger partial charge on any atom is -0.383 e. The Morgan fingerprint density at radius 3 is 2.88 bits per heavy atom. The lowest BCUT2D eigenvalue weighted by Crippen LogP contribution is -2.36. The largest absolute Gasteiger partial charge is 0.383 e. The highest BCUT2D eigenvalue weighted by atomic mass is 79.9. The minimum absolute atomic E-state index is 0.475. The van der Waals surface area contributed by atoms with Gasteiger partial charge in [0.15, 0.2) is 0 Å². The molecule has 94 valence electrons. The van der Waals surface area contributed by atoms with Gasteiger partial charge in [-0.25, -0.2) is 0 Å². The highest BCUT2D eigenvalue weighted by Crippen LogP contribution is 2.24. The van der Waals surface area contributed by atoms with Gasteiger partial charge in [-0.1, -0.05) is 0 Å². The summed E-state index contributed by atoms with van der Waals surface area (Å²) in [4.78, 5) is 15.6. The van der Waals surface area contributed by atoms with E-state index in [4.69, 9.17) is 10.5 Å². The molecule has 0 aliphatic rings. The van der Waals surface area contributed by atoms with Gasteiger partial charge in [-0.15, -0.1) is 0 Å². The molecule has 1 atom stereocenters. The van der Waals surface area contributed by atoms with Crippen molar-refractivity contribution < 1.29 is 9.53 Å². The second kappa shape index (κ2) is 7.05. The van der Waals surface area contributed by atoms with Crippen LogP contribution in [0.25, 0.3) is 0 Å². The number of carbonyl (C=O) groups excluding carboxylic acids is 1. The van der Waals surface area contributed by atoms with Gasteiger partial charge in [0.25, 0.3) is 0 Å². The Kier molecular flexibility index (Phi) is 6.04. The monoisotopic (exact) mass is 365 g/mol. The number of nitrogens with two attached hydrogens (primary N) is 1. The van der Waals surface area contributed by atoms with Crippen LogP contribution < -0.4 is 11.1 Å². The number of nitrogens with zero attached hydrogens (tertiary/aromatic N) is 1. The van der Waals surface area contributed by atoms with Crippen LogP contribution in [0.4, 0.5) is 0 Å². The van der Waals surface area contributed by atoms with E-state index in [0.717, 1.165) is 8.95 Å². The lowest BCUT2D eigenvalue weighted by Gasteiger charge is -2.16. The molecule has 1 aromatic rings. The Hall–Kier alpha value is -0.500. The summed E-state index contributed by atoms with van der Waals surface area (Å²) in [5.74, 6) is -0.475. The Balaban J connectivity index is 2.86. The fraction of sp³-hybridized carbons (Fsp3) is 0.400. The molecular weight excluding hydrogens is 354 g/mol. The number of hydrogen-bond acceptors (Lipinski definition) is 4. The number of halogens is 2. The number of primary amides is 1. The molecule has 0 aliphatic carbocycles. The number of ether oxygens (including phenoxy) is 1. The first-order valence-electron chi connectivity index (χ1n) is 4.89. The Morgan fingerprint density at radius 1 is 1.65 bits per heavy atom. The molecule has 0 fully saturated rings. The van der Waals surface area contributed by atoms with Crippen molar-refractivity contribution in [1.82, 2.24) is 10.3 Å². The van der Waals surface area contributed by atoms with Gasteiger partial charge in [0.1, 0.15) is 6.04 Å². The van der Waals surface area contributed by atoms with Crippen LogP contribution in [-0.2, 0) is 9.53 Å². The van der Waals surface area contributed by atoms with Gasteiger partial charge in [-0.3, -0.25) is 15.1 Å². The van der Waals surface area contributed by atoms with Crippen LogP contribution in [0, 0.1) is 0 Å². The zero-order chi connectivity index (χ0) is 12.8. The topological polar surface area (TPSA) is 77.2 Å². The molecule has 0 radical (unpaired) electrons. The second-order valence-electron chi connectivity index (χ2n) is 3.30. The molecule has 1 unspecified atom stereocenters. The zero-order valence-corrected chi connectivity index (χ0v) is 12.4. The van der Waals surface area contributed by atoms with Gasteiger partial charge in [0, 0.05) is 28.8 Å². The van der Waals surface area contributed by atoms with Crippen LogP contribution in [0.2, 0.25) is 0 Å². The Bertz CT molecular complexity index is 401. The highest BCUT2D eigenvalue weighted by Gasteiger charge is 2.21. The number of aromatic nitrogens is 1. The van der Waals surface area contributed by atoms with Crippen molar-refractivity contribution in [3.63, 3.8) is 0 Å². The molecule has 1 heterocycles. The maximum Gasteiger partial charge on any atom is 0.240 e. The lowest BCUT2D eigenvalue weighted by atomic mass is 10.2. The summed E-state index contributed by atoms with van der Waals surface area (Å²) in [6.07, 6.45) is 1.62. The van der Waals surface area contributed by atoms with Crippen LogP contribution in [0.5, 0.6) is 0 Å². The van der Waals surface area contributed by atoms with Crippen molar-refractivity contribution in [1.29, 1.82) is 0 Å². The summed E-state index contributed by atoms with van der Waals surface area (Å²) >= 11 is 6.65. The van der Waals surface area contributed by atoms with Crippen molar-refractivity contribution in [2.24, 2.45) is 5.73 Å². The number of rotatable bonds is 6. The smallest absolute Gasteiger partial charge is 0.240 e. The molecule has 7 heteroatoms. The third-order valence-electron chi connectivity index (χ3n) is 2.05. The molecule has 1 rings (SSSR count). The first-order chi connectivity index (χ1) is 8.06. The van der Waals surface area contributed by atoms with Crippen molar-refractivity contribution in [2.45, 2.75) is 6.04 Å². The molecule has 1 amide bonds. The molecule has 0 bridgehead atoms. The van der Waals surface area contributed by atoms with E-state index in [2.05, 4.69) is 42.2 Å². The Morgan fingerprint density at radius 2 is 2.35 bits per heavy atom. The molecule has 0 saturated carbocycles. The molecule has 3 N–H and O–H groups in total. The summed E-state index contributed by atoms with van der Waals surface area (Å²) in [6, 6.07) is 1.18. The Labute approximate surface area is 116 Å². The summed E-state index contributed by atoms with van der Waals surface area (Å²) < 4.78 is 6.45. The van der Waals surface area contributed by atoms with Gasteiger partial charge in [0.05, 0.1) is 12.3 Å². The molecule has 17 heavy (non-hydrogen) atoms. The van der Waals surface area contributed by atoms with E-state index < -0.39 is 11.9 Å². The average Bonchev–Trinajstić information content (AvgIpc) is 2.25. The van der Waals surface area contributed by atoms with Crippen LogP contribution >= 0.6 is 31.9 Å². The van der Waals surface area contributed by atoms with Crippen molar-refractivity contribution in [3.05, 3.63) is 26.9 Å². The number of methoxy groups -OCH3 is 1. The average molecular weight is 367 g/mol. The van der Waals surface area contributed by atoms with Crippen LogP contribution in [-0.4, -0.2) is 31.2 Å². The van der Waals surface area contributed by atoms with E-state index in [0.29, 0.717) is 18.8 Å². The third kappa shape index (κ3) is 4.34. The maximum atomic E-state index is 11.4. The predicted molar refractivity (Wildman–Crippen MR) is 71.5 cm³/mol. The highest BCUT2D eigenvalue weighted by molar-refractivity contribution is 9.11. The van der Waals surface area contributed by atoms with Gasteiger partial charge in [-0.05, 0) is 37.9 Å². The molecule has 0 aliphatic heterocycles. The van der Waals surface area contributed by atoms with E-state index in [1.54, 1.807) is 13.3 Å². The number of nitrogens with one attached hydrogen (secondary N) is 1. The first-order valence-corrected chi connectivity index (χ1v) is 6.47. The fourth-order valence-electron chi connectivity index (χ4n) is 1.27. The summed E-state index contributed by atoms with van der Waals surface area (Å²) in [5.41, 5.74) is 5.91. The van der Waals surface area contributed by atoms with E-state index >= 15 is 0 Å². The van der Waals surface area contributed by atoms with E-state index in [1.807, 2.05) is 6.07 Å². The SMILES string of the molecule is COCCNC(C(N)=O)c1ncc(Br)cc1Br. The summed E-state index contributed by atoms with van der Waals surface area (Å²) in [5, 5.41) is 2.99. The number of carbonyl (C=O) groups is 1. The van der Waals surface area contributed by atoms with Crippen molar-refractivity contribution in [2.75, 3.05) is 20.3 Å². The molecular formula is C10H13Br2N3O2. The van der Waals surface area contributed by atoms with Crippen molar-refractivity contribution in [3.8, 4) is 0 Å². The molecule has 5 nitrogen and oxygen atoms in total.